The van der Waals surface area contributed by atoms with Crippen LogP contribution < -0.4 is 10.4 Å². The highest BCUT2D eigenvalue weighted by atomic mass is 28.4. The van der Waals surface area contributed by atoms with Gasteiger partial charge in [-0.2, -0.15) is 0 Å². The van der Waals surface area contributed by atoms with Crippen molar-refractivity contribution in [3.05, 3.63) is 72.8 Å². The second-order valence-corrected chi connectivity index (χ2v) is 16.9. The van der Waals surface area contributed by atoms with Gasteiger partial charge in [-0.05, 0) is 65.3 Å². The molecule has 2 aliphatic rings. The fourth-order valence-electron chi connectivity index (χ4n) is 7.04. The van der Waals surface area contributed by atoms with Gasteiger partial charge in [-0.25, -0.2) is 0 Å². The van der Waals surface area contributed by atoms with Gasteiger partial charge in [0.1, 0.15) is 0 Å². The first-order chi connectivity index (χ1) is 16.0. The second kappa shape index (κ2) is 9.41. The van der Waals surface area contributed by atoms with Gasteiger partial charge in [0.2, 0.25) is 0 Å². The molecule has 2 saturated carbocycles. The summed E-state index contributed by atoms with van der Waals surface area (Å²) in [5.41, 5.74) is 0.799. The minimum absolute atomic E-state index is 0.0250. The van der Waals surface area contributed by atoms with Gasteiger partial charge in [-0.15, -0.1) is 0 Å². The Kier molecular flexibility index (Phi) is 7.03. The number of rotatable bonds is 6. The van der Waals surface area contributed by atoms with Crippen LogP contribution in [0, 0.1) is 17.3 Å². The molecule has 0 aromatic heterocycles. The summed E-state index contributed by atoms with van der Waals surface area (Å²) >= 11 is 0. The van der Waals surface area contributed by atoms with Gasteiger partial charge >= 0.3 is 0 Å². The lowest BCUT2D eigenvalue weighted by Gasteiger charge is -2.54. The lowest BCUT2D eigenvalue weighted by molar-refractivity contribution is -0.131. The molecule has 4 rings (SSSR count). The highest BCUT2D eigenvalue weighted by Crippen LogP contribution is 2.55. The Morgan fingerprint density at radius 3 is 2.06 bits per heavy atom. The highest BCUT2D eigenvalue weighted by Gasteiger charge is 2.54. The van der Waals surface area contributed by atoms with E-state index in [0.29, 0.717) is 6.61 Å². The van der Waals surface area contributed by atoms with Crippen LogP contribution in [0.25, 0.3) is 0 Å². The standard InChI is InChI=1S/C31H44O2Si/c1-24-17-18-25(31(32)23-30(5,6)21-19-28(24)31)20-22-33-34(29(2,3)4,26-13-9-7-10-14-26)27-15-11-8-12-16-27/h7-16,25,28,32H,1,17-23H2,2-6H3/t25-,28-,31+/m1/s1. The molecule has 2 fully saturated rings. The van der Waals surface area contributed by atoms with E-state index in [4.69, 9.17) is 4.43 Å². The minimum atomic E-state index is -2.54. The minimum Gasteiger partial charge on any atom is -0.407 e. The zero-order chi connectivity index (χ0) is 24.6. The quantitative estimate of drug-likeness (QED) is 0.382. The van der Waals surface area contributed by atoms with Crippen molar-refractivity contribution in [1.29, 1.82) is 0 Å². The second-order valence-electron chi connectivity index (χ2n) is 12.6. The summed E-state index contributed by atoms with van der Waals surface area (Å²) < 4.78 is 7.18. The molecule has 0 amide bonds. The lowest BCUT2D eigenvalue weighted by Crippen LogP contribution is -2.66. The molecule has 0 aliphatic heterocycles. The fraction of sp³-hybridized carbons (Fsp3) is 0.548. The fourth-order valence-corrected chi connectivity index (χ4v) is 11.6. The number of benzene rings is 2. The molecular weight excluding hydrogens is 432 g/mol. The Balaban J connectivity index is 1.63. The molecule has 3 heteroatoms. The Morgan fingerprint density at radius 2 is 1.53 bits per heavy atom. The Hall–Kier alpha value is -1.68. The predicted octanol–water partition coefficient (Wildman–Crippen LogP) is 6.48. The monoisotopic (exact) mass is 476 g/mol. The molecule has 2 aliphatic carbocycles. The smallest absolute Gasteiger partial charge is 0.261 e. The van der Waals surface area contributed by atoms with Crippen molar-refractivity contribution in [2.75, 3.05) is 6.61 Å². The summed E-state index contributed by atoms with van der Waals surface area (Å²) in [6, 6.07) is 21.7. The van der Waals surface area contributed by atoms with E-state index in [-0.39, 0.29) is 22.3 Å². The average Bonchev–Trinajstić information content (AvgIpc) is 2.77. The largest absolute Gasteiger partial charge is 0.407 e. The van der Waals surface area contributed by atoms with Gasteiger partial charge in [0.25, 0.3) is 8.32 Å². The molecule has 0 unspecified atom stereocenters. The number of hydrogen-bond donors (Lipinski definition) is 1. The van der Waals surface area contributed by atoms with Gasteiger partial charge in [0.05, 0.1) is 5.60 Å². The Labute approximate surface area is 208 Å². The van der Waals surface area contributed by atoms with E-state index in [1.54, 1.807) is 0 Å². The molecule has 2 aromatic rings. The highest BCUT2D eigenvalue weighted by molar-refractivity contribution is 6.99. The lowest BCUT2D eigenvalue weighted by atomic mass is 9.54. The molecule has 0 saturated heterocycles. The van der Waals surface area contributed by atoms with Gasteiger partial charge in [-0.3, -0.25) is 0 Å². The molecule has 2 aromatic carbocycles. The summed E-state index contributed by atoms with van der Waals surface area (Å²) in [6.45, 7) is 16.7. The molecule has 0 heterocycles. The summed E-state index contributed by atoms with van der Waals surface area (Å²) in [4.78, 5) is 0. The van der Waals surface area contributed by atoms with Crippen LogP contribution in [0.1, 0.15) is 73.1 Å². The number of fused-ring (bicyclic) bond motifs is 1. The van der Waals surface area contributed by atoms with Crippen LogP contribution in [-0.2, 0) is 4.43 Å². The third-order valence-corrected chi connectivity index (χ3v) is 13.7. The SMILES string of the molecule is C=C1CC[C@H](CCO[Si](c2ccccc2)(c2ccccc2)C(C)(C)C)[C@@]2(O)CC(C)(C)CC[C@H]12. The number of aliphatic hydroxyl groups is 1. The molecular formula is C31H44O2Si. The van der Waals surface area contributed by atoms with Crippen LogP contribution in [0.3, 0.4) is 0 Å². The van der Waals surface area contributed by atoms with E-state index >= 15 is 0 Å². The van der Waals surface area contributed by atoms with Crippen LogP contribution >= 0.6 is 0 Å². The molecule has 3 atom stereocenters. The molecule has 184 valence electrons. The van der Waals surface area contributed by atoms with E-state index in [1.807, 2.05) is 0 Å². The Bertz CT molecular complexity index is 936. The zero-order valence-electron chi connectivity index (χ0n) is 21.9. The van der Waals surface area contributed by atoms with Crippen molar-refractivity contribution in [1.82, 2.24) is 0 Å². The van der Waals surface area contributed by atoms with Crippen molar-refractivity contribution >= 4 is 18.7 Å². The summed E-state index contributed by atoms with van der Waals surface area (Å²) in [5, 5.41) is 14.7. The maximum Gasteiger partial charge on any atom is 0.261 e. The summed E-state index contributed by atoms with van der Waals surface area (Å²) in [6.07, 6.45) is 6.07. The molecule has 34 heavy (non-hydrogen) atoms. The van der Waals surface area contributed by atoms with Crippen LogP contribution in [0.5, 0.6) is 0 Å². The van der Waals surface area contributed by atoms with Gasteiger partial charge < -0.3 is 9.53 Å². The molecule has 0 spiro atoms. The molecule has 0 radical (unpaired) electrons. The predicted molar refractivity (Wildman–Crippen MR) is 146 cm³/mol. The van der Waals surface area contributed by atoms with Crippen LogP contribution in [0.2, 0.25) is 5.04 Å². The van der Waals surface area contributed by atoms with Gasteiger partial charge in [0, 0.05) is 12.5 Å². The van der Waals surface area contributed by atoms with E-state index in [2.05, 4.69) is 102 Å². The van der Waals surface area contributed by atoms with Gasteiger partial charge in [-0.1, -0.05) is 107 Å². The van der Waals surface area contributed by atoms with E-state index < -0.39 is 13.9 Å². The first kappa shape index (κ1) is 25.4. The third-order valence-electron chi connectivity index (χ3n) is 8.69. The maximum atomic E-state index is 12.1. The number of hydrogen-bond acceptors (Lipinski definition) is 2. The van der Waals surface area contributed by atoms with Crippen molar-refractivity contribution in [3.8, 4) is 0 Å². The first-order valence-electron chi connectivity index (χ1n) is 13.1. The topological polar surface area (TPSA) is 29.5 Å². The van der Waals surface area contributed by atoms with Crippen molar-refractivity contribution in [2.45, 2.75) is 83.8 Å². The van der Waals surface area contributed by atoms with Crippen LogP contribution in [0.4, 0.5) is 0 Å². The van der Waals surface area contributed by atoms with Crippen molar-refractivity contribution in [3.63, 3.8) is 0 Å². The maximum absolute atomic E-state index is 12.1. The Morgan fingerprint density at radius 1 is 0.971 bits per heavy atom. The van der Waals surface area contributed by atoms with Crippen LogP contribution in [-0.4, -0.2) is 25.6 Å². The third kappa shape index (κ3) is 4.59. The van der Waals surface area contributed by atoms with Gasteiger partial charge in [0.15, 0.2) is 0 Å². The summed E-state index contributed by atoms with van der Waals surface area (Å²) in [7, 11) is -2.54. The van der Waals surface area contributed by atoms with E-state index in [0.717, 1.165) is 32.1 Å². The molecule has 0 bridgehead atoms. The van der Waals surface area contributed by atoms with E-state index in [1.165, 1.54) is 22.4 Å². The first-order valence-corrected chi connectivity index (χ1v) is 15.1. The average molecular weight is 477 g/mol. The molecule has 1 N–H and O–H groups in total. The van der Waals surface area contributed by atoms with Crippen molar-refractivity contribution < 1.29 is 9.53 Å². The van der Waals surface area contributed by atoms with E-state index in [9.17, 15) is 5.11 Å². The molecule has 2 nitrogen and oxygen atoms in total. The summed E-state index contributed by atoms with van der Waals surface area (Å²) in [5.74, 6) is 0.507. The van der Waals surface area contributed by atoms with Crippen molar-refractivity contribution in [2.24, 2.45) is 17.3 Å². The van der Waals surface area contributed by atoms with Crippen LogP contribution in [0.15, 0.2) is 72.8 Å². The zero-order valence-corrected chi connectivity index (χ0v) is 22.9. The normalized spacial score (nSPS) is 27.3.